The summed E-state index contributed by atoms with van der Waals surface area (Å²) in [4.78, 5) is 12.5. The lowest BCUT2D eigenvalue weighted by Crippen LogP contribution is -2.22. The average molecular weight is 885 g/mol. The third kappa shape index (κ3) is 6.53. The van der Waals surface area contributed by atoms with Crippen molar-refractivity contribution < 1.29 is 70.2 Å². The molecule has 62 heavy (non-hydrogen) atoms. The summed E-state index contributed by atoms with van der Waals surface area (Å²) in [6.07, 6.45) is -9.02. The van der Waals surface area contributed by atoms with Gasteiger partial charge in [-0.15, -0.1) is 0 Å². The van der Waals surface area contributed by atoms with Gasteiger partial charge in [0.1, 0.15) is 0 Å². The smallest absolute Gasteiger partial charge is 0.358 e. The number of fused-ring (bicyclic) bond motifs is 7. The lowest BCUT2D eigenvalue weighted by Gasteiger charge is -2.23. The van der Waals surface area contributed by atoms with Crippen LogP contribution in [0.4, 0.5) is 70.2 Å². The van der Waals surface area contributed by atoms with Gasteiger partial charge in [0.15, 0.2) is 46.5 Å². The van der Waals surface area contributed by atoms with E-state index in [1.807, 2.05) is 0 Å². The molecule has 0 amide bonds. The predicted molar refractivity (Wildman–Crippen MR) is 189 cm³/mol. The molecule has 8 bridgehead atoms. The summed E-state index contributed by atoms with van der Waals surface area (Å²) in [6, 6.07) is 7.12. The molecule has 2 aliphatic heterocycles. The number of rotatable bonds is 3. The van der Waals surface area contributed by atoms with E-state index in [1.165, 1.54) is 26.0 Å². The van der Waals surface area contributed by atoms with Crippen LogP contribution in [0, 0.1) is 58.2 Å². The highest BCUT2D eigenvalue weighted by Gasteiger charge is 2.39. The highest BCUT2D eigenvalue weighted by molar-refractivity contribution is 6.30. The zero-order valence-electron chi connectivity index (χ0n) is 30.8. The summed E-state index contributed by atoms with van der Waals surface area (Å²) < 4.78 is 236. The third-order valence-electron chi connectivity index (χ3n) is 10.4. The maximum absolute atomic E-state index is 15.7. The number of alkyl halides is 6. The highest BCUT2D eigenvalue weighted by Crippen LogP contribution is 2.42. The van der Waals surface area contributed by atoms with E-state index in [-0.39, 0.29) is 41.0 Å². The van der Waals surface area contributed by atoms with Crippen LogP contribution in [0.2, 0.25) is 0 Å². The van der Waals surface area contributed by atoms with Crippen molar-refractivity contribution in [2.75, 3.05) is 0 Å². The molecule has 3 N–H and O–H groups in total. The van der Waals surface area contributed by atoms with Gasteiger partial charge in [0, 0.05) is 55.6 Å². The molecule has 20 heteroatoms. The number of hydrogen-bond donors (Lipinski definition) is 3. The van der Waals surface area contributed by atoms with Gasteiger partial charge in [0.05, 0.1) is 33.7 Å². The first kappa shape index (κ1) is 42.0. The van der Waals surface area contributed by atoms with Crippen LogP contribution >= 0.6 is 0 Å². The second kappa shape index (κ2) is 14.2. The molecule has 3 aromatic heterocycles. The van der Waals surface area contributed by atoms with Crippen LogP contribution in [0.15, 0.2) is 77.4 Å². The van der Waals surface area contributed by atoms with Gasteiger partial charge in [-0.1, -0.05) is 0 Å². The summed E-state index contributed by atoms with van der Waals surface area (Å²) in [7, 11) is 0. The molecule has 6 aromatic rings. The Labute approximate surface area is 335 Å². The van der Waals surface area contributed by atoms with Gasteiger partial charge < -0.3 is 15.0 Å². The highest BCUT2D eigenvalue weighted by atomic mass is 19.4. The maximum Gasteiger partial charge on any atom is 0.416 e. The average Bonchev–Trinajstić information content (AvgIpc) is 4.06. The Kier molecular flexibility index (Phi) is 9.59. The van der Waals surface area contributed by atoms with Crippen molar-refractivity contribution in [2.24, 2.45) is 4.99 Å². The first-order valence-corrected chi connectivity index (χ1v) is 17.6. The molecular formula is C42H20F16N4. The summed E-state index contributed by atoms with van der Waals surface area (Å²) in [5.41, 5.74) is -13.0. The van der Waals surface area contributed by atoms with Crippen LogP contribution in [0.25, 0.3) is 16.7 Å². The van der Waals surface area contributed by atoms with Crippen LogP contribution in [0.1, 0.15) is 64.4 Å². The van der Waals surface area contributed by atoms with Crippen molar-refractivity contribution in [3.63, 3.8) is 0 Å². The normalized spacial score (nSPS) is 18.2. The Morgan fingerprint density at radius 3 is 1.31 bits per heavy atom. The molecular weight excluding hydrogens is 864 g/mol. The lowest BCUT2D eigenvalue weighted by molar-refractivity contribution is -0.143. The molecule has 8 rings (SSSR count). The molecule has 0 atom stereocenters. The lowest BCUT2D eigenvalue weighted by atomic mass is 9.86. The SMILES string of the molecule is CC1(C)c2ccc([nH]2)/C(c2c(F)c(F)c(F)c(F)c2F)=C2/C=CC(=N2)/C(c2cc(C(F)(F)F)cc(C(F)(F)F)c2)=c2/cc/c([nH]2)=C(\c2c(F)c(F)c(F)c(F)c2F)c2ccc1[nH]2. The molecule has 0 radical (unpaired) electrons. The summed E-state index contributed by atoms with van der Waals surface area (Å²) >= 11 is 0. The fourth-order valence-corrected chi connectivity index (χ4v) is 7.29. The molecule has 0 saturated heterocycles. The van der Waals surface area contributed by atoms with Crippen LogP contribution < -0.4 is 10.7 Å². The first-order chi connectivity index (χ1) is 28.9. The van der Waals surface area contributed by atoms with Gasteiger partial charge in [-0.3, -0.25) is 0 Å². The van der Waals surface area contributed by atoms with Crippen LogP contribution in [0.3, 0.4) is 0 Å². The maximum atomic E-state index is 15.7. The molecule has 0 aliphatic carbocycles. The summed E-state index contributed by atoms with van der Waals surface area (Å²) in [6.45, 7) is 3.04. The Bertz CT molecular complexity index is 3040. The molecule has 4 nitrogen and oxygen atoms in total. The van der Waals surface area contributed by atoms with Gasteiger partial charge in [0.2, 0.25) is 11.6 Å². The van der Waals surface area contributed by atoms with E-state index in [0.717, 1.165) is 36.4 Å². The number of aliphatic imine (C=N–C) groups is 1. The zero-order valence-corrected chi connectivity index (χ0v) is 30.8. The van der Waals surface area contributed by atoms with Crippen LogP contribution in [-0.2, 0) is 17.8 Å². The Balaban J connectivity index is 1.59. The molecule has 0 saturated carbocycles. The van der Waals surface area contributed by atoms with Crippen molar-refractivity contribution in [1.29, 1.82) is 0 Å². The second-order valence-electron chi connectivity index (χ2n) is 14.5. The van der Waals surface area contributed by atoms with E-state index in [2.05, 4.69) is 19.9 Å². The standard InChI is InChI=1S/C42H20F16N4/c1-40(2)23-9-7-21(61-23)26(28-30(43)34(47)38(51)35(48)31(28)44)19-5-3-17(59-19)25(14-11-15(41(53,54)55)13-16(12-14)42(56,57)58)18-4-6-20(60-18)27(22-8-10-24(40)62-22)29-32(45)36(49)39(52)37(50)33(29)46/h3-13,59,61-62H,1-2H3/b25-17-,26-19+,27-20+. The Morgan fingerprint density at radius 1 is 0.452 bits per heavy atom. The van der Waals surface area contributed by atoms with Crippen molar-refractivity contribution >= 4 is 22.4 Å². The van der Waals surface area contributed by atoms with Crippen LogP contribution in [0.5, 0.6) is 0 Å². The van der Waals surface area contributed by atoms with Gasteiger partial charge in [-0.05, 0) is 86.2 Å². The number of nitrogens with one attached hydrogen (secondary N) is 3. The van der Waals surface area contributed by atoms with Crippen LogP contribution in [-0.4, -0.2) is 20.7 Å². The minimum absolute atomic E-state index is 0.108. The third-order valence-corrected chi connectivity index (χ3v) is 10.4. The molecule has 0 unspecified atom stereocenters. The molecule has 0 fully saturated rings. The van der Waals surface area contributed by atoms with E-state index in [4.69, 9.17) is 0 Å². The minimum Gasteiger partial charge on any atom is -0.358 e. The van der Waals surface area contributed by atoms with Gasteiger partial charge in [-0.2, -0.15) is 26.3 Å². The first-order valence-electron chi connectivity index (χ1n) is 17.6. The summed E-state index contributed by atoms with van der Waals surface area (Å²) in [5.74, 6) is -23.8. The fourth-order valence-electron chi connectivity index (χ4n) is 7.29. The number of hydrogen-bond acceptors (Lipinski definition) is 1. The molecule has 320 valence electrons. The molecule has 5 heterocycles. The number of aromatic nitrogens is 3. The summed E-state index contributed by atoms with van der Waals surface area (Å²) in [5, 5.41) is -1.04. The van der Waals surface area contributed by atoms with Gasteiger partial charge >= 0.3 is 12.4 Å². The van der Waals surface area contributed by atoms with E-state index in [9.17, 15) is 52.7 Å². The number of allylic oxidation sites excluding steroid dienone is 2. The predicted octanol–water partition coefficient (Wildman–Crippen LogP) is 10.7. The Morgan fingerprint density at radius 2 is 0.855 bits per heavy atom. The van der Waals surface area contributed by atoms with Crippen molar-refractivity contribution in [1.82, 2.24) is 15.0 Å². The monoisotopic (exact) mass is 884 g/mol. The second-order valence-corrected chi connectivity index (χ2v) is 14.5. The van der Waals surface area contributed by atoms with E-state index in [1.54, 1.807) is 0 Å². The van der Waals surface area contributed by atoms with Crippen molar-refractivity contribution in [3.05, 3.63) is 192 Å². The van der Waals surface area contributed by atoms with Crippen molar-refractivity contribution in [3.8, 4) is 0 Å². The molecule has 2 aliphatic rings. The molecule has 3 aromatic carbocycles. The van der Waals surface area contributed by atoms with E-state index in [0.29, 0.717) is 0 Å². The van der Waals surface area contributed by atoms with Gasteiger partial charge in [0.25, 0.3) is 0 Å². The Hall–Kier alpha value is -6.73. The number of H-pyrrole nitrogens is 3. The largest absolute Gasteiger partial charge is 0.416 e. The number of aromatic amines is 3. The number of halogens is 16. The van der Waals surface area contributed by atoms with E-state index >= 15 is 17.6 Å². The van der Waals surface area contributed by atoms with Crippen molar-refractivity contribution in [2.45, 2.75) is 31.6 Å². The molecule has 0 spiro atoms. The number of benzene rings is 3. The van der Waals surface area contributed by atoms with E-state index < -0.39 is 143 Å². The quantitative estimate of drug-likeness (QED) is 0.0901. The number of nitrogens with zero attached hydrogens (tertiary/aromatic N) is 1. The fraction of sp³-hybridized carbons (Fsp3) is 0.119. The zero-order chi connectivity index (χ0) is 45.1. The van der Waals surface area contributed by atoms with Gasteiger partial charge in [-0.25, -0.2) is 48.9 Å². The minimum atomic E-state index is -5.43. The topological polar surface area (TPSA) is 59.7 Å².